The van der Waals surface area contributed by atoms with E-state index < -0.39 is 0 Å². The van der Waals surface area contributed by atoms with E-state index in [4.69, 9.17) is 4.74 Å². The van der Waals surface area contributed by atoms with Crippen molar-refractivity contribution in [1.29, 1.82) is 0 Å². The molecule has 0 radical (unpaired) electrons. The van der Waals surface area contributed by atoms with E-state index in [0.717, 1.165) is 18.8 Å². The minimum atomic E-state index is 0.000482. The third-order valence-electron chi connectivity index (χ3n) is 2.30. The third kappa shape index (κ3) is 6.06. The fourth-order valence-electron chi connectivity index (χ4n) is 1.42. The maximum atomic E-state index is 10.6. The van der Waals surface area contributed by atoms with E-state index >= 15 is 0 Å². The molecule has 0 fully saturated rings. The first-order chi connectivity index (χ1) is 8.72. The van der Waals surface area contributed by atoms with Gasteiger partial charge in [0.25, 0.3) is 0 Å². The molecule has 0 atom stereocenters. The predicted octanol–water partition coefficient (Wildman–Crippen LogP) is 1.48. The van der Waals surface area contributed by atoms with Crippen LogP contribution in [0.5, 0.6) is 5.75 Å². The molecule has 0 saturated carbocycles. The second-order valence-corrected chi connectivity index (χ2v) is 3.90. The molecule has 0 unspecified atom stereocenters. The van der Waals surface area contributed by atoms with Crippen LogP contribution in [0.1, 0.15) is 12.5 Å². The smallest absolute Gasteiger partial charge is 0.216 e. The highest BCUT2D eigenvalue weighted by atomic mass is 16.5. The highest BCUT2D eigenvalue weighted by Gasteiger charge is 1.95. The maximum Gasteiger partial charge on any atom is 0.216 e. The van der Waals surface area contributed by atoms with Crippen molar-refractivity contribution in [2.24, 2.45) is 0 Å². The second kappa shape index (κ2) is 8.31. The molecule has 18 heavy (non-hydrogen) atoms. The third-order valence-corrected chi connectivity index (χ3v) is 2.30. The molecule has 0 saturated heterocycles. The lowest BCUT2D eigenvalue weighted by atomic mass is 10.2. The van der Waals surface area contributed by atoms with Gasteiger partial charge in [0.1, 0.15) is 12.4 Å². The first-order valence-electron chi connectivity index (χ1n) is 6.00. The van der Waals surface area contributed by atoms with Gasteiger partial charge in [0.05, 0.1) is 0 Å². The van der Waals surface area contributed by atoms with Gasteiger partial charge < -0.3 is 15.4 Å². The Morgan fingerprint density at radius 1 is 1.33 bits per heavy atom. The molecule has 1 aromatic rings. The van der Waals surface area contributed by atoms with Crippen LogP contribution in [0.15, 0.2) is 36.9 Å². The fourth-order valence-corrected chi connectivity index (χ4v) is 1.42. The molecule has 4 heteroatoms. The van der Waals surface area contributed by atoms with Gasteiger partial charge in [0.15, 0.2) is 0 Å². The summed E-state index contributed by atoms with van der Waals surface area (Å²) >= 11 is 0. The Morgan fingerprint density at radius 3 is 2.67 bits per heavy atom. The molecule has 4 nitrogen and oxygen atoms in total. The van der Waals surface area contributed by atoms with Crippen molar-refractivity contribution in [3.05, 3.63) is 42.5 Å². The molecule has 2 N–H and O–H groups in total. The highest BCUT2D eigenvalue weighted by molar-refractivity contribution is 5.72. The van der Waals surface area contributed by atoms with Crippen LogP contribution in [0.3, 0.4) is 0 Å². The largest absolute Gasteiger partial charge is 0.490 e. The summed E-state index contributed by atoms with van der Waals surface area (Å²) < 4.78 is 5.39. The Labute approximate surface area is 108 Å². The normalized spacial score (nSPS) is 9.83. The van der Waals surface area contributed by atoms with Crippen LogP contribution >= 0.6 is 0 Å². The summed E-state index contributed by atoms with van der Waals surface area (Å²) in [5, 5.41) is 5.98. The summed E-state index contributed by atoms with van der Waals surface area (Å²) in [5.41, 5.74) is 1.18. The van der Waals surface area contributed by atoms with Crippen molar-refractivity contribution in [2.75, 3.05) is 19.7 Å². The Hall–Kier alpha value is -1.81. The highest BCUT2D eigenvalue weighted by Crippen LogP contribution is 2.11. The zero-order valence-electron chi connectivity index (χ0n) is 10.7. The van der Waals surface area contributed by atoms with E-state index in [-0.39, 0.29) is 5.91 Å². The molecule has 0 spiro atoms. The summed E-state index contributed by atoms with van der Waals surface area (Å²) in [6, 6.07) is 7.91. The van der Waals surface area contributed by atoms with Crippen molar-refractivity contribution in [3.63, 3.8) is 0 Å². The topological polar surface area (TPSA) is 50.4 Å². The number of amides is 1. The molecule has 0 aliphatic rings. The van der Waals surface area contributed by atoms with Gasteiger partial charge in [-0.1, -0.05) is 24.8 Å². The summed E-state index contributed by atoms with van der Waals surface area (Å²) in [7, 11) is 0. The van der Waals surface area contributed by atoms with E-state index in [0.29, 0.717) is 13.2 Å². The van der Waals surface area contributed by atoms with Crippen molar-refractivity contribution in [3.8, 4) is 5.75 Å². The average Bonchev–Trinajstić information content (AvgIpc) is 2.37. The molecule has 0 aliphatic carbocycles. The van der Waals surface area contributed by atoms with Crippen molar-refractivity contribution >= 4 is 5.91 Å². The lowest BCUT2D eigenvalue weighted by molar-refractivity contribution is -0.118. The number of rotatable bonds is 8. The molecule has 0 aliphatic heterocycles. The first kappa shape index (κ1) is 14.3. The monoisotopic (exact) mass is 248 g/mol. The van der Waals surface area contributed by atoms with E-state index in [1.807, 2.05) is 24.3 Å². The number of nitrogens with one attached hydrogen (secondary N) is 2. The van der Waals surface area contributed by atoms with Crippen LogP contribution in [-0.4, -0.2) is 25.6 Å². The number of carbonyl (C=O) groups is 1. The van der Waals surface area contributed by atoms with Crippen LogP contribution in [0.25, 0.3) is 0 Å². The van der Waals surface area contributed by atoms with Gasteiger partial charge >= 0.3 is 0 Å². The van der Waals surface area contributed by atoms with Gasteiger partial charge in [-0.15, -0.1) is 0 Å². The van der Waals surface area contributed by atoms with Crippen molar-refractivity contribution in [1.82, 2.24) is 10.6 Å². The van der Waals surface area contributed by atoms with Crippen molar-refractivity contribution in [2.45, 2.75) is 13.5 Å². The molecule has 0 bridgehead atoms. The van der Waals surface area contributed by atoms with E-state index in [9.17, 15) is 4.79 Å². The molecule has 98 valence electrons. The lowest BCUT2D eigenvalue weighted by Gasteiger charge is -2.07. The van der Waals surface area contributed by atoms with Crippen LogP contribution in [0.4, 0.5) is 0 Å². The van der Waals surface area contributed by atoms with Gasteiger partial charge in [-0.3, -0.25) is 4.79 Å². The molecular formula is C14H20N2O2. The Kier molecular flexibility index (Phi) is 6.58. The quantitative estimate of drug-likeness (QED) is 0.541. The number of carbonyl (C=O) groups excluding carboxylic acids is 1. The fraction of sp³-hybridized carbons (Fsp3) is 0.357. The number of benzene rings is 1. The van der Waals surface area contributed by atoms with Gasteiger partial charge in [0, 0.05) is 26.6 Å². The van der Waals surface area contributed by atoms with Gasteiger partial charge in [0.2, 0.25) is 5.91 Å². The van der Waals surface area contributed by atoms with Crippen LogP contribution < -0.4 is 15.4 Å². The van der Waals surface area contributed by atoms with Crippen LogP contribution in [0.2, 0.25) is 0 Å². The minimum Gasteiger partial charge on any atom is -0.490 e. The zero-order chi connectivity index (χ0) is 13.2. The SMILES string of the molecule is C=CCOc1ccc(CNCCNC(C)=O)cc1. The molecule has 1 amide bonds. The molecule has 1 aromatic carbocycles. The Morgan fingerprint density at radius 2 is 2.06 bits per heavy atom. The first-order valence-corrected chi connectivity index (χ1v) is 6.00. The summed E-state index contributed by atoms with van der Waals surface area (Å²) in [4.78, 5) is 10.6. The summed E-state index contributed by atoms with van der Waals surface area (Å²) in [6.45, 7) is 7.82. The van der Waals surface area contributed by atoms with Crippen molar-refractivity contribution < 1.29 is 9.53 Å². The molecular weight excluding hydrogens is 228 g/mol. The Balaban J connectivity index is 2.22. The number of hydrogen-bond acceptors (Lipinski definition) is 3. The van der Waals surface area contributed by atoms with E-state index in [2.05, 4.69) is 17.2 Å². The minimum absolute atomic E-state index is 0.000482. The maximum absolute atomic E-state index is 10.6. The summed E-state index contributed by atoms with van der Waals surface area (Å²) in [6.07, 6.45) is 1.72. The number of ether oxygens (including phenoxy) is 1. The summed E-state index contributed by atoms with van der Waals surface area (Å²) in [5.74, 6) is 0.845. The van der Waals surface area contributed by atoms with E-state index in [1.54, 1.807) is 6.08 Å². The Bertz CT molecular complexity index is 374. The zero-order valence-corrected chi connectivity index (χ0v) is 10.7. The average molecular weight is 248 g/mol. The molecule has 0 aromatic heterocycles. The lowest BCUT2D eigenvalue weighted by Crippen LogP contribution is -2.29. The second-order valence-electron chi connectivity index (χ2n) is 3.90. The predicted molar refractivity (Wildman–Crippen MR) is 72.5 cm³/mol. The van der Waals surface area contributed by atoms with Crippen LogP contribution in [0, 0.1) is 0 Å². The van der Waals surface area contributed by atoms with E-state index in [1.165, 1.54) is 12.5 Å². The molecule has 1 rings (SSSR count). The van der Waals surface area contributed by atoms with Crippen LogP contribution in [-0.2, 0) is 11.3 Å². The number of hydrogen-bond donors (Lipinski definition) is 2. The van der Waals surface area contributed by atoms with Gasteiger partial charge in [-0.25, -0.2) is 0 Å². The van der Waals surface area contributed by atoms with Gasteiger partial charge in [-0.2, -0.15) is 0 Å². The standard InChI is InChI=1S/C14H20N2O2/c1-3-10-18-14-6-4-13(5-7-14)11-15-8-9-16-12(2)17/h3-7,15H,1,8-11H2,2H3,(H,16,17). The van der Waals surface area contributed by atoms with Gasteiger partial charge in [-0.05, 0) is 17.7 Å². The molecule has 0 heterocycles.